The molecule has 1 aromatic carbocycles. The van der Waals surface area contributed by atoms with E-state index in [0.717, 1.165) is 5.56 Å². The second-order valence-corrected chi connectivity index (χ2v) is 2.62. The SMILES string of the molecule is Cc1ccc(C(=O)O)c(CO)c1. The minimum atomic E-state index is -1.00. The summed E-state index contributed by atoms with van der Waals surface area (Å²) < 4.78 is 0. The van der Waals surface area contributed by atoms with Crippen molar-refractivity contribution in [2.24, 2.45) is 0 Å². The molecule has 1 rings (SSSR count). The summed E-state index contributed by atoms with van der Waals surface area (Å²) >= 11 is 0. The normalized spacial score (nSPS) is 9.83. The fourth-order valence-corrected chi connectivity index (χ4v) is 1.06. The van der Waals surface area contributed by atoms with E-state index in [2.05, 4.69) is 0 Å². The molecule has 0 bridgehead atoms. The number of aromatic carboxylic acids is 1. The molecule has 2 N–H and O–H groups in total. The van der Waals surface area contributed by atoms with E-state index in [0.29, 0.717) is 5.56 Å². The van der Waals surface area contributed by atoms with Crippen LogP contribution in [0.15, 0.2) is 18.2 Å². The first-order valence-corrected chi connectivity index (χ1v) is 3.59. The van der Waals surface area contributed by atoms with Crippen molar-refractivity contribution < 1.29 is 15.0 Å². The fraction of sp³-hybridized carbons (Fsp3) is 0.222. The number of aliphatic hydroxyl groups excluding tert-OH is 1. The molecule has 0 aromatic heterocycles. The van der Waals surface area contributed by atoms with Crippen molar-refractivity contribution in [3.8, 4) is 0 Å². The van der Waals surface area contributed by atoms with Gasteiger partial charge in [0.25, 0.3) is 0 Å². The molecule has 0 aliphatic heterocycles. The highest BCUT2D eigenvalue weighted by molar-refractivity contribution is 5.89. The molecule has 0 atom stereocenters. The Labute approximate surface area is 70.3 Å². The summed E-state index contributed by atoms with van der Waals surface area (Å²) in [6.07, 6.45) is 0. The van der Waals surface area contributed by atoms with Crippen molar-refractivity contribution in [1.82, 2.24) is 0 Å². The molecule has 0 radical (unpaired) electrons. The van der Waals surface area contributed by atoms with Crippen LogP contribution in [0.4, 0.5) is 0 Å². The number of benzene rings is 1. The summed E-state index contributed by atoms with van der Waals surface area (Å²) in [7, 11) is 0. The minimum absolute atomic E-state index is 0.170. The summed E-state index contributed by atoms with van der Waals surface area (Å²) in [5.74, 6) is -1.00. The first-order chi connectivity index (χ1) is 5.65. The largest absolute Gasteiger partial charge is 0.478 e. The van der Waals surface area contributed by atoms with Gasteiger partial charge in [-0.1, -0.05) is 17.7 Å². The molecular formula is C9H10O3. The highest BCUT2D eigenvalue weighted by atomic mass is 16.4. The van der Waals surface area contributed by atoms with E-state index in [9.17, 15) is 4.79 Å². The van der Waals surface area contributed by atoms with E-state index in [1.807, 2.05) is 6.92 Å². The molecule has 3 nitrogen and oxygen atoms in total. The highest BCUT2D eigenvalue weighted by Gasteiger charge is 2.07. The Hall–Kier alpha value is -1.35. The van der Waals surface area contributed by atoms with Crippen molar-refractivity contribution in [3.63, 3.8) is 0 Å². The van der Waals surface area contributed by atoms with Crippen molar-refractivity contribution in [3.05, 3.63) is 34.9 Å². The Bertz CT molecular complexity index is 305. The molecule has 0 heterocycles. The maximum absolute atomic E-state index is 10.6. The van der Waals surface area contributed by atoms with Crippen molar-refractivity contribution in [1.29, 1.82) is 0 Å². The lowest BCUT2D eigenvalue weighted by atomic mass is 10.1. The third kappa shape index (κ3) is 1.62. The average molecular weight is 166 g/mol. The van der Waals surface area contributed by atoms with Crippen LogP contribution in [0.1, 0.15) is 21.5 Å². The molecule has 12 heavy (non-hydrogen) atoms. The van der Waals surface area contributed by atoms with Crippen LogP contribution in [-0.4, -0.2) is 16.2 Å². The van der Waals surface area contributed by atoms with Crippen LogP contribution in [0.3, 0.4) is 0 Å². The molecule has 0 aliphatic rings. The number of aryl methyl sites for hydroxylation is 1. The molecule has 64 valence electrons. The standard InChI is InChI=1S/C9H10O3/c1-6-2-3-8(9(11)12)7(4-6)5-10/h2-4,10H,5H2,1H3,(H,11,12). The molecule has 0 saturated carbocycles. The lowest BCUT2D eigenvalue weighted by molar-refractivity contribution is 0.0693. The average Bonchev–Trinajstić information content (AvgIpc) is 2.03. The fourth-order valence-electron chi connectivity index (χ4n) is 1.06. The lowest BCUT2D eigenvalue weighted by Crippen LogP contribution is -2.02. The molecule has 0 spiro atoms. The van der Waals surface area contributed by atoms with Gasteiger partial charge in [0.2, 0.25) is 0 Å². The van der Waals surface area contributed by atoms with E-state index >= 15 is 0 Å². The van der Waals surface area contributed by atoms with Gasteiger partial charge in [-0.3, -0.25) is 0 Å². The summed E-state index contributed by atoms with van der Waals surface area (Å²) in [5, 5.41) is 17.5. The number of carboxylic acids is 1. The summed E-state index contributed by atoms with van der Waals surface area (Å²) in [6.45, 7) is 1.62. The van der Waals surface area contributed by atoms with Gasteiger partial charge >= 0.3 is 5.97 Å². The number of rotatable bonds is 2. The zero-order valence-electron chi connectivity index (χ0n) is 6.74. The van der Waals surface area contributed by atoms with E-state index in [4.69, 9.17) is 10.2 Å². The summed E-state index contributed by atoms with van der Waals surface area (Å²) in [6, 6.07) is 4.88. The number of hydrogen-bond acceptors (Lipinski definition) is 2. The van der Waals surface area contributed by atoms with Crippen LogP contribution in [0.2, 0.25) is 0 Å². The van der Waals surface area contributed by atoms with Gasteiger partial charge in [0.05, 0.1) is 12.2 Å². The van der Waals surface area contributed by atoms with Gasteiger partial charge in [-0.25, -0.2) is 4.79 Å². The van der Waals surface area contributed by atoms with Crippen LogP contribution >= 0.6 is 0 Å². The third-order valence-corrected chi connectivity index (χ3v) is 1.66. The van der Waals surface area contributed by atoms with Gasteiger partial charge in [0, 0.05) is 0 Å². The molecule has 0 fully saturated rings. The first-order valence-electron chi connectivity index (χ1n) is 3.59. The third-order valence-electron chi connectivity index (χ3n) is 1.66. The summed E-state index contributed by atoms with van der Waals surface area (Å²) in [4.78, 5) is 10.6. The van der Waals surface area contributed by atoms with Gasteiger partial charge in [0.15, 0.2) is 0 Å². The quantitative estimate of drug-likeness (QED) is 0.693. The monoisotopic (exact) mass is 166 g/mol. The van der Waals surface area contributed by atoms with Crippen LogP contribution in [0.5, 0.6) is 0 Å². The van der Waals surface area contributed by atoms with E-state index in [-0.39, 0.29) is 12.2 Å². The Morgan fingerprint density at radius 3 is 2.67 bits per heavy atom. The van der Waals surface area contributed by atoms with Crippen molar-refractivity contribution >= 4 is 5.97 Å². The molecule has 0 saturated heterocycles. The van der Waals surface area contributed by atoms with E-state index in [1.54, 1.807) is 12.1 Å². The maximum Gasteiger partial charge on any atom is 0.336 e. The van der Waals surface area contributed by atoms with Gasteiger partial charge < -0.3 is 10.2 Å². The predicted molar refractivity (Wildman–Crippen MR) is 44.1 cm³/mol. The molecule has 0 unspecified atom stereocenters. The Balaban J connectivity index is 3.20. The maximum atomic E-state index is 10.6. The second kappa shape index (κ2) is 3.36. The number of hydrogen-bond donors (Lipinski definition) is 2. The molecule has 0 amide bonds. The van der Waals surface area contributed by atoms with Crippen molar-refractivity contribution in [2.45, 2.75) is 13.5 Å². The smallest absolute Gasteiger partial charge is 0.336 e. The zero-order valence-corrected chi connectivity index (χ0v) is 6.74. The molecule has 0 aliphatic carbocycles. The van der Waals surface area contributed by atoms with Gasteiger partial charge in [-0.15, -0.1) is 0 Å². The zero-order chi connectivity index (χ0) is 9.14. The van der Waals surface area contributed by atoms with Gasteiger partial charge in [-0.05, 0) is 18.6 Å². The van der Waals surface area contributed by atoms with Crippen molar-refractivity contribution in [2.75, 3.05) is 0 Å². The number of aliphatic hydroxyl groups is 1. The lowest BCUT2D eigenvalue weighted by Gasteiger charge is -2.02. The van der Waals surface area contributed by atoms with E-state index in [1.165, 1.54) is 6.07 Å². The second-order valence-electron chi connectivity index (χ2n) is 2.62. The van der Waals surface area contributed by atoms with E-state index < -0.39 is 5.97 Å². The predicted octanol–water partition coefficient (Wildman–Crippen LogP) is 1.19. The Morgan fingerprint density at radius 1 is 1.50 bits per heavy atom. The Morgan fingerprint density at radius 2 is 2.17 bits per heavy atom. The van der Waals surface area contributed by atoms with Crippen LogP contribution in [-0.2, 0) is 6.61 Å². The van der Waals surface area contributed by atoms with Crippen LogP contribution in [0.25, 0.3) is 0 Å². The van der Waals surface area contributed by atoms with Gasteiger partial charge in [-0.2, -0.15) is 0 Å². The summed E-state index contributed by atoms with van der Waals surface area (Å²) in [5.41, 5.74) is 1.58. The first kappa shape index (κ1) is 8.74. The van der Waals surface area contributed by atoms with Crippen LogP contribution in [0, 0.1) is 6.92 Å². The molecule has 3 heteroatoms. The minimum Gasteiger partial charge on any atom is -0.478 e. The molecule has 1 aromatic rings. The topological polar surface area (TPSA) is 57.5 Å². The highest BCUT2D eigenvalue weighted by Crippen LogP contribution is 2.11. The number of carbonyl (C=O) groups is 1. The van der Waals surface area contributed by atoms with Gasteiger partial charge in [0.1, 0.15) is 0 Å². The Kier molecular flexibility index (Phi) is 2.45. The number of carboxylic acid groups (broad SMARTS) is 1. The van der Waals surface area contributed by atoms with Crippen LogP contribution < -0.4 is 0 Å². The molecular weight excluding hydrogens is 156 g/mol.